The molecule has 1 N–H and O–H groups in total. The minimum Gasteiger partial charge on any atom is -0.380 e. The van der Waals surface area contributed by atoms with E-state index in [0.29, 0.717) is 19.8 Å². The average molecular weight is 248 g/mol. The Hall–Kier alpha value is -0.750. The Bertz CT molecular complexity index is 236. The Labute approximate surface area is 102 Å². The van der Waals surface area contributed by atoms with Crippen LogP contribution in [0.5, 0.6) is 0 Å². The summed E-state index contributed by atoms with van der Waals surface area (Å²) in [6.45, 7) is 4.91. The van der Waals surface area contributed by atoms with Crippen molar-refractivity contribution in [2.75, 3.05) is 32.6 Å². The number of carbonyl (C=O) groups excluding carboxylic acids is 2. The molecule has 0 aliphatic heterocycles. The predicted octanol–water partition coefficient (Wildman–Crippen LogP) is -0.0842. The minimum atomic E-state index is -0.563. The van der Waals surface area contributed by atoms with Crippen molar-refractivity contribution in [1.29, 1.82) is 0 Å². The molecule has 0 aromatic heterocycles. The van der Waals surface area contributed by atoms with Crippen molar-refractivity contribution < 1.29 is 14.3 Å². The van der Waals surface area contributed by atoms with E-state index >= 15 is 0 Å². The number of rotatable bonds is 7. The van der Waals surface area contributed by atoms with E-state index in [1.165, 1.54) is 11.8 Å². The molecule has 94 valence electrons. The number of amides is 2. The van der Waals surface area contributed by atoms with Crippen LogP contribution < -0.4 is 5.32 Å². The van der Waals surface area contributed by atoms with E-state index in [1.807, 2.05) is 6.92 Å². The second kappa shape index (κ2) is 8.41. The second-order valence-corrected chi connectivity index (χ2v) is 3.76. The van der Waals surface area contributed by atoms with Crippen LogP contribution in [-0.2, 0) is 14.3 Å². The Morgan fingerprint density at radius 1 is 1.50 bits per heavy atom. The molecule has 2 amide bonds. The summed E-state index contributed by atoms with van der Waals surface area (Å²) in [7, 11) is 1.68. The first kappa shape index (κ1) is 15.2. The van der Waals surface area contributed by atoms with Crippen molar-refractivity contribution in [2.24, 2.45) is 0 Å². The lowest BCUT2D eigenvalue weighted by atomic mass is 10.3. The Morgan fingerprint density at radius 3 is 2.56 bits per heavy atom. The van der Waals surface area contributed by atoms with E-state index in [9.17, 15) is 9.59 Å². The SMILES string of the molecule is CCOCCN(C)C(=O)C(CS)NC(C)=O. The van der Waals surface area contributed by atoms with Crippen LogP contribution in [0.25, 0.3) is 0 Å². The van der Waals surface area contributed by atoms with Gasteiger partial charge < -0.3 is 15.0 Å². The summed E-state index contributed by atoms with van der Waals surface area (Å²) in [5.41, 5.74) is 0. The number of nitrogens with zero attached hydrogens (tertiary/aromatic N) is 1. The molecule has 0 fully saturated rings. The van der Waals surface area contributed by atoms with Gasteiger partial charge in [-0.2, -0.15) is 12.6 Å². The fraction of sp³-hybridized carbons (Fsp3) is 0.800. The topological polar surface area (TPSA) is 58.6 Å². The first-order chi connectivity index (χ1) is 7.52. The molecule has 16 heavy (non-hydrogen) atoms. The molecule has 0 saturated carbocycles. The zero-order valence-electron chi connectivity index (χ0n) is 10.0. The Morgan fingerprint density at radius 2 is 2.12 bits per heavy atom. The molecule has 0 radical (unpaired) electrons. The van der Waals surface area contributed by atoms with Gasteiger partial charge in [0.25, 0.3) is 0 Å². The summed E-state index contributed by atoms with van der Waals surface area (Å²) in [6, 6.07) is -0.563. The van der Waals surface area contributed by atoms with Crippen LogP contribution in [0.4, 0.5) is 0 Å². The van der Waals surface area contributed by atoms with Crippen LogP contribution in [-0.4, -0.2) is 55.3 Å². The molecule has 6 heteroatoms. The molecule has 0 aromatic rings. The molecular formula is C10H20N2O3S. The largest absolute Gasteiger partial charge is 0.380 e. The maximum Gasteiger partial charge on any atom is 0.245 e. The Kier molecular flexibility index (Phi) is 8.01. The molecule has 0 aliphatic carbocycles. The minimum absolute atomic E-state index is 0.148. The molecule has 0 heterocycles. The quantitative estimate of drug-likeness (QED) is 0.489. The highest BCUT2D eigenvalue weighted by atomic mass is 32.1. The summed E-state index contributed by atoms with van der Waals surface area (Å²) in [6.07, 6.45) is 0. The van der Waals surface area contributed by atoms with Crippen molar-refractivity contribution in [2.45, 2.75) is 19.9 Å². The third-order valence-corrected chi connectivity index (χ3v) is 2.37. The molecule has 0 bridgehead atoms. The standard InChI is InChI=1S/C10H20N2O3S/c1-4-15-6-5-12(3)10(14)9(7-16)11-8(2)13/h9,16H,4-7H2,1-3H3,(H,11,13). The van der Waals surface area contributed by atoms with E-state index in [0.717, 1.165) is 0 Å². The van der Waals surface area contributed by atoms with Crippen LogP contribution in [0.15, 0.2) is 0 Å². The highest BCUT2D eigenvalue weighted by Gasteiger charge is 2.20. The van der Waals surface area contributed by atoms with Gasteiger partial charge in [-0.15, -0.1) is 0 Å². The summed E-state index contributed by atoms with van der Waals surface area (Å²) in [5.74, 6) is -0.0901. The second-order valence-electron chi connectivity index (χ2n) is 3.39. The van der Waals surface area contributed by atoms with Gasteiger partial charge in [0.2, 0.25) is 11.8 Å². The van der Waals surface area contributed by atoms with Gasteiger partial charge in [-0.1, -0.05) is 0 Å². The number of nitrogens with one attached hydrogen (secondary N) is 1. The number of hydrogen-bond donors (Lipinski definition) is 2. The normalized spacial score (nSPS) is 12.0. The third kappa shape index (κ3) is 5.97. The van der Waals surface area contributed by atoms with E-state index in [1.54, 1.807) is 7.05 Å². The zero-order chi connectivity index (χ0) is 12.6. The first-order valence-electron chi connectivity index (χ1n) is 5.23. The van der Waals surface area contributed by atoms with Gasteiger partial charge in [0.1, 0.15) is 6.04 Å². The summed E-state index contributed by atoms with van der Waals surface area (Å²) < 4.78 is 5.15. The monoisotopic (exact) mass is 248 g/mol. The summed E-state index contributed by atoms with van der Waals surface area (Å²) >= 11 is 4.04. The van der Waals surface area contributed by atoms with E-state index < -0.39 is 6.04 Å². The highest BCUT2D eigenvalue weighted by Crippen LogP contribution is 1.96. The smallest absolute Gasteiger partial charge is 0.245 e. The molecule has 1 unspecified atom stereocenters. The lowest BCUT2D eigenvalue weighted by Crippen LogP contribution is -2.48. The third-order valence-electron chi connectivity index (χ3n) is 2.01. The van der Waals surface area contributed by atoms with E-state index in [2.05, 4.69) is 17.9 Å². The molecule has 0 aliphatic rings. The number of ether oxygens (including phenoxy) is 1. The molecule has 5 nitrogen and oxygen atoms in total. The summed E-state index contributed by atoms with van der Waals surface area (Å²) in [4.78, 5) is 24.2. The first-order valence-corrected chi connectivity index (χ1v) is 5.86. The maximum atomic E-state index is 11.8. The molecular weight excluding hydrogens is 228 g/mol. The highest BCUT2D eigenvalue weighted by molar-refractivity contribution is 7.80. The Balaban J connectivity index is 4.11. The predicted molar refractivity (Wildman–Crippen MR) is 65.6 cm³/mol. The number of carbonyl (C=O) groups is 2. The van der Waals surface area contributed by atoms with Crippen LogP contribution in [0.3, 0.4) is 0 Å². The number of hydrogen-bond acceptors (Lipinski definition) is 4. The van der Waals surface area contributed by atoms with Gasteiger partial charge in [-0.05, 0) is 6.92 Å². The van der Waals surface area contributed by atoms with Crippen molar-refractivity contribution >= 4 is 24.4 Å². The zero-order valence-corrected chi connectivity index (χ0v) is 10.9. The molecule has 0 rings (SSSR count). The van der Waals surface area contributed by atoms with Gasteiger partial charge in [0.15, 0.2) is 0 Å². The number of likely N-dealkylation sites (N-methyl/N-ethyl adjacent to an activating group) is 1. The van der Waals surface area contributed by atoms with Crippen LogP contribution in [0.1, 0.15) is 13.8 Å². The van der Waals surface area contributed by atoms with E-state index in [4.69, 9.17) is 4.74 Å². The van der Waals surface area contributed by atoms with Crippen LogP contribution in [0.2, 0.25) is 0 Å². The van der Waals surface area contributed by atoms with Crippen LogP contribution >= 0.6 is 12.6 Å². The molecule has 0 spiro atoms. The van der Waals surface area contributed by atoms with Crippen molar-refractivity contribution in [1.82, 2.24) is 10.2 Å². The molecule has 0 aromatic carbocycles. The summed E-state index contributed by atoms with van der Waals surface area (Å²) in [5, 5.41) is 2.55. The molecule has 0 saturated heterocycles. The number of thiol groups is 1. The van der Waals surface area contributed by atoms with Gasteiger partial charge in [0, 0.05) is 32.9 Å². The molecule has 1 atom stereocenters. The average Bonchev–Trinajstić information content (AvgIpc) is 2.24. The lowest BCUT2D eigenvalue weighted by molar-refractivity contribution is -0.134. The van der Waals surface area contributed by atoms with Gasteiger partial charge in [-0.25, -0.2) is 0 Å². The van der Waals surface area contributed by atoms with Crippen molar-refractivity contribution in [3.8, 4) is 0 Å². The van der Waals surface area contributed by atoms with Gasteiger partial charge in [0.05, 0.1) is 6.61 Å². The lowest BCUT2D eigenvalue weighted by Gasteiger charge is -2.22. The van der Waals surface area contributed by atoms with Gasteiger partial charge >= 0.3 is 0 Å². The fourth-order valence-corrected chi connectivity index (χ4v) is 1.40. The van der Waals surface area contributed by atoms with Crippen molar-refractivity contribution in [3.63, 3.8) is 0 Å². The maximum absolute atomic E-state index is 11.8. The van der Waals surface area contributed by atoms with Gasteiger partial charge in [-0.3, -0.25) is 9.59 Å². The van der Waals surface area contributed by atoms with Crippen molar-refractivity contribution in [3.05, 3.63) is 0 Å². The fourth-order valence-electron chi connectivity index (χ4n) is 1.15. The van der Waals surface area contributed by atoms with Crippen LogP contribution in [0, 0.1) is 0 Å². The van der Waals surface area contributed by atoms with E-state index in [-0.39, 0.29) is 17.6 Å².